The van der Waals surface area contributed by atoms with Crippen molar-refractivity contribution in [1.82, 2.24) is 15.1 Å². The fraction of sp³-hybridized carbons (Fsp3) is 0.500. The molecule has 0 aliphatic heterocycles. The first kappa shape index (κ1) is 12.9. The van der Waals surface area contributed by atoms with Crippen molar-refractivity contribution in [2.75, 3.05) is 0 Å². The minimum absolute atomic E-state index is 0.173. The highest BCUT2D eigenvalue weighted by atomic mass is 16.5. The quantitative estimate of drug-likeness (QED) is 0.895. The number of carboxylic acids is 1. The van der Waals surface area contributed by atoms with E-state index in [2.05, 4.69) is 22.0 Å². The Hall–Kier alpha value is -2.11. The maximum atomic E-state index is 11.4. The molecule has 0 amide bonds. The van der Waals surface area contributed by atoms with Gasteiger partial charge in [-0.25, -0.2) is 0 Å². The molecule has 1 fully saturated rings. The first-order valence-electron chi connectivity index (χ1n) is 6.89. The molecule has 2 aromatic rings. The van der Waals surface area contributed by atoms with Gasteiger partial charge in [-0.05, 0) is 30.9 Å². The van der Waals surface area contributed by atoms with E-state index in [-0.39, 0.29) is 5.92 Å². The molecular formula is C14H17N3O3. The number of aliphatic carboxylic acids is 1. The number of aromatic amines is 1. The molecule has 0 spiro atoms. The summed E-state index contributed by atoms with van der Waals surface area (Å²) in [6.07, 6.45) is 4.27. The molecule has 3 atom stereocenters. The molecule has 0 saturated heterocycles. The van der Waals surface area contributed by atoms with Crippen LogP contribution in [0.1, 0.15) is 38.0 Å². The van der Waals surface area contributed by atoms with Crippen LogP contribution in [0.3, 0.4) is 0 Å². The molecule has 20 heavy (non-hydrogen) atoms. The summed E-state index contributed by atoms with van der Waals surface area (Å²) < 4.78 is 5.30. The number of rotatable bonds is 4. The van der Waals surface area contributed by atoms with E-state index in [4.69, 9.17) is 4.52 Å². The van der Waals surface area contributed by atoms with E-state index in [1.54, 1.807) is 6.20 Å². The van der Waals surface area contributed by atoms with Gasteiger partial charge in [0.05, 0.1) is 17.5 Å². The van der Waals surface area contributed by atoms with Gasteiger partial charge in [-0.2, -0.15) is 4.98 Å². The standard InChI is InChI=1S/C14H17N3O3/c1-2-8-6-9(10(7-8)14(18)19)13-16-12(17-20-13)11-4-3-5-15-11/h3-5,8-10,15H,2,6-7H2,1H3,(H,18,19). The van der Waals surface area contributed by atoms with Crippen LogP contribution in [0.5, 0.6) is 0 Å². The number of hydrogen-bond acceptors (Lipinski definition) is 4. The Bertz CT molecular complexity index is 591. The third-order valence-corrected chi connectivity index (χ3v) is 4.15. The summed E-state index contributed by atoms with van der Waals surface area (Å²) >= 11 is 0. The second kappa shape index (κ2) is 5.11. The lowest BCUT2D eigenvalue weighted by Gasteiger charge is -2.09. The third kappa shape index (κ3) is 2.21. The zero-order chi connectivity index (χ0) is 14.1. The van der Waals surface area contributed by atoms with Gasteiger partial charge >= 0.3 is 5.97 Å². The Morgan fingerprint density at radius 1 is 1.55 bits per heavy atom. The van der Waals surface area contributed by atoms with Gasteiger partial charge < -0.3 is 14.6 Å². The molecule has 2 N–H and O–H groups in total. The maximum absolute atomic E-state index is 11.4. The van der Waals surface area contributed by atoms with E-state index < -0.39 is 11.9 Å². The summed E-state index contributed by atoms with van der Waals surface area (Å²) in [6.45, 7) is 2.09. The van der Waals surface area contributed by atoms with Crippen LogP contribution in [0.15, 0.2) is 22.9 Å². The lowest BCUT2D eigenvalue weighted by atomic mass is 9.96. The normalized spacial score (nSPS) is 25.9. The lowest BCUT2D eigenvalue weighted by Crippen LogP contribution is -2.17. The van der Waals surface area contributed by atoms with Gasteiger partial charge in [-0.15, -0.1) is 0 Å². The summed E-state index contributed by atoms with van der Waals surface area (Å²) in [6, 6.07) is 3.71. The summed E-state index contributed by atoms with van der Waals surface area (Å²) in [7, 11) is 0. The van der Waals surface area contributed by atoms with Crippen molar-refractivity contribution in [3.8, 4) is 11.5 Å². The van der Waals surface area contributed by atoms with Crippen LogP contribution in [-0.2, 0) is 4.79 Å². The van der Waals surface area contributed by atoms with Gasteiger partial charge in [0.2, 0.25) is 11.7 Å². The Morgan fingerprint density at radius 3 is 3.05 bits per heavy atom. The second-order valence-electron chi connectivity index (χ2n) is 5.34. The minimum atomic E-state index is -0.773. The summed E-state index contributed by atoms with van der Waals surface area (Å²) in [4.78, 5) is 18.8. The van der Waals surface area contributed by atoms with E-state index in [0.717, 1.165) is 18.5 Å². The van der Waals surface area contributed by atoms with Crippen molar-refractivity contribution in [3.05, 3.63) is 24.2 Å². The first-order valence-corrected chi connectivity index (χ1v) is 6.89. The molecule has 6 heteroatoms. The van der Waals surface area contributed by atoms with Crippen molar-refractivity contribution < 1.29 is 14.4 Å². The fourth-order valence-corrected chi connectivity index (χ4v) is 2.99. The predicted molar refractivity (Wildman–Crippen MR) is 71.0 cm³/mol. The number of nitrogens with one attached hydrogen (secondary N) is 1. The molecule has 0 aromatic carbocycles. The van der Waals surface area contributed by atoms with Crippen molar-refractivity contribution in [2.24, 2.45) is 11.8 Å². The minimum Gasteiger partial charge on any atom is -0.481 e. The molecule has 6 nitrogen and oxygen atoms in total. The van der Waals surface area contributed by atoms with Gasteiger partial charge in [0.15, 0.2) is 0 Å². The number of hydrogen-bond donors (Lipinski definition) is 2. The Balaban J connectivity index is 1.86. The van der Waals surface area contributed by atoms with Crippen LogP contribution in [0.4, 0.5) is 0 Å². The van der Waals surface area contributed by atoms with Crippen LogP contribution in [-0.4, -0.2) is 26.2 Å². The number of aromatic nitrogens is 3. The SMILES string of the molecule is CCC1CC(C(=O)O)C(c2nc(-c3ccc[nH]3)no2)C1. The molecule has 3 unspecified atom stereocenters. The average Bonchev–Trinajstić information content (AvgIpc) is 3.17. The highest BCUT2D eigenvalue weighted by Gasteiger charge is 2.42. The smallest absolute Gasteiger partial charge is 0.307 e. The first-order chi connectivity index (χ1) is 9.69. The fourth-order valence-electron chi connectivity index (χ4n) is 2.99. The van der Waals surface area contributed by atoms with Crippen LogP contribution in [0, 0.1) is 11.8 Å². The van der Waals surface area contributed by atoms with Gasteiger partial charge in [0, 0.05) is 6.20 Å². The largest absolute Gasteiger partial charge is 0.481 e. The molecule has 106 valence electrons. The van der Waals surface area contributed by atoms with Crippen molar-refractivity contribution in [2.45, 2.75) is 32.1 Å². The highest BCUT2D eigenvalue weighted by Crippen LogP contribution is 2.44. The molecule has 3 rings (SSSR count). The topological polar surface area (TPSA) is 92.0 Å². The van der Waals surface area contributed by atoms with Gasteiger partial charge in [-0.1, -0.05) is 18.5 Å². The Kier molecular flexibility index (Phi) is 3.30. The van der Waals surface area contributed by atoms with Crippen molar-refractivity contribution in [1.29, 1.82) is 0 Å². The Morgan fingerprint density at radius 2 is 2.40 bits per heavy atom. The van der Waals surface area contributed by atoms with Gasteiger partial charge in [0.1, 0.15) is 0 Å². The highest BCUT2D eigenvalue weighted by molar-refractivity contribution is 5.71. The summed E-state index contributed by atoms with van der Waals surface area (Å²) in [5.41, 5.74) is 0.775. The zero-order valence-corrected chi connectivity index (χ0v) is 11.2. The van der Waals surface area contributed by atoms with Gasteiger partial charge in [-0.3, -0.25) is 4.79 Å². The van der Waals surface area contributed by atoms with E-state index >= 15 is 0 Å². The third-order valence-electron chi connectivity index (χ3n) is 4.15. The molecule has 2 heterocycles. The Labute approximate surface area is 116 Å². The van der Waals surface area contributed by atoms with Gasteiger partial charge in [0.25, 0.3) is 0 Å². The van der Waals surface area contributed by atoms with E-state index in [9.17, 15) is 9.90 Å². The summed E-state index contributed by atoms with van der Waals surface area (Å²) in [5.74, 6) is -0.0231. The molecule has 0 bridgehead atoms. The molecule has 2 aromatic heterocycles. The number of carbonyl (C=O) groups is 1. The molecule has 0 radical (unpaired) electrons. The number of carboxylic acid groups (broad SMARTS) is 1. The van der Waals surface area contributed by atoms with Crippen molar-refractivity contribution in [3.63, 3.8) is 0 Å². The van der Waals surface area contributed by atoms with Crippen LogP contribution >= 0.6 is 0 Å². The van der Waals surface area contributed by atoms with E-state index in [0.29, 0.717) is 24.1 Å². The number of nitrogens with zero attached hydrogens (tertiary/aromatic N) is 2. The van der Waals surface area contributed by atoms with E-state index in [1.807, 2.05) is 12.1 Å². The van der Waals surface area contributed by atoms with Crippen LogP contribution in [0.25, 0.3) is 11.5 Å². The van der Waals surface area contributed by atoms with E-state index in [1.165, 1.54) is 0 Å². The maximum Gasteiger partial charge on any atom is 0.307 e. The second-order valence-corrected chi connectivity index (χ2v) is 5.34. The lowest BCUT2D eigenvalue weighted by molar-refractivity contribution is -0.142. The molecule has 1 aliphatic carbocycles. The zero-order valence-electron chi connectivity index (χ0n) is 11.2. The number of H-pyrrole nitrogens is 1. The van der Waals surface area contributed by atoms with Crippen LogP contribution < -0.4 is 0 Å². The predicted octanol–water partition coefficient (Wildman–Crippen LogP) is 2.67. The van der Waals surface area contributed by atoms with Crippen LogP contribution in [0.2, 0.25) is 0 Å². The monoisotopic (exact) mass is 275 g/mol. The molecule has 1 aliphatic rings. The molecular weight excluding hydrogens is 258 g/mol. The van der Waals surface area contributed by atoms with Crippen molar-refractivity contribution >= 4 is 5.97 Å². The average molecular weight is 275 g/mol. The summed E-state index contributed by atoms with van der Waals surface area (Å²) in [5, 5.41) is 13.3. The molecule has 1 saturated carbocycles.